The van der Waals surface area contributed by atoms with Gasteiger partial charge in [-0.15, -0.1) is 5.10 Å². The molecule has 1 unspecified atom stereocenters. The lowest BCUT2D eigenvalue weighted by atomic mass is 10.1. The molecule has 0 aliphatic carbocycles. The van der Waals surface area contributed by atoms with Gasteiger partial charge in [-0.05, 0) is 55.1 Å². The van der Waals surface area contributed by atoms with Crippen molar-refractivity contribution in [2.75, 3.05) is 15.2 Å². The first-order chi connectivity index (χ1) is 19.5. The lowest BCUT2D eigenvalue weighted by Crippen LogP contribution is -2.63. The van der Waals surface area contributed by atoms with E-state index in [4.69, 9.17) is 10.2 Å². The number of aryl methyl sites for hydroxylation is 1. The lowest BCUT2D eigenvalue weighted by Gasteiger charge is -2.43. The highest BCUT2D eigenvalue weighted by Gasteiger charge is 2.62. The second kappa shape index (κ2) is 10.3. The first kappa shape index (κ1) is 25.4. The Labute approximate surface area is 236 Å². The van der Waals surface area contributed by atoms with E-state index in [2.05, 4.69) is 5.32 Å². The van der Waals surface area contributed by atoms with Crippen molar-refractivity contribution in [2.45, 2.75) is 19.0 Å². The van der Waals surface area contributed by atoms with Crippen LogP contribution in [0.15, 0.2) is 125 Å². The molecule has 2 amide bonds. The molecule has 1 spiro atoms. The summed E-state index contributed by atoms with van der Waals surface area (Å²) in [5.74, 6) is -0.111. The summed E-state index contributed by atoms with van der Waals surface area (Å²) in [7, 11) is 0. The highest BCUT2D eigenvalue weighted by Crippen LogP contribution is 2.51. The van der Waals surface area contributed by atoms with Crippen LogP contribution in [0.5, 0.6) is 0 Å². The number of hydrazone groups is 2. The summed E-state index contributed by atoms with van der Waals surface area (Å²) in [6, 6.07) is 36.4. The van der Waals surface area contributed by atoms with Gasteiger partial charge < -0.3 is 5.32 Å². The van der Waals surface area contributed by atoms with Crippen LogP contribution < -0.4 is 15.2 Å². The van der Waals surface area contributed by atoms with E-state index >= 15 is 0 Å². The van der Waals surface area contributed by atoms with E-state index in [1.54, 1.807) is 5.01 Å². The molecule has 40 heavy (non-hydrogen) atoms. The number of amides is 2. The number of hydrogen-bond donors (Lipinski definition) is 1. The molecule has 2 heterocycles. The molecule has 9 heteroatoms. The monoisotopic (exact) mass is 546 g/mol. The molecule has 1 atom stereocenters. The topological polar surface area (TPSA) is 80.6 Å². The van der Waals surface area contributed by atoms with E-state index in [9.17, 15) is 9.59 Å². The van der Waals surface area contributed by atoms with Crippen LogP contribution in [0.2, 0.25) is 0 Å². The zero-order valence-corrected chi connectivity index (χ0v) is 22.7. The fraction of sp³-hybridized carbons (Fsp3) is 0.0968. The van der Waals surface area contributed by atoms with E-state index < -0.39 is 5.12 Å². The summed E-state index contributed by atoms with van der Waals surface area (Å²) in [6.45, 7) is 3.49. The Hall–Kier alpha value is -4.89. The Morgan fingerprint density at radius 1 is 0.750 bits per heavy atom. The first-order valence-electron chi connectivity index (χ1n) is 12.8. The third-order valence-corrected chi connectivity index (χ3v) is 7.79. The smallest absolute Gasteiger partial charge is 0.296 e. The molecular formula is C31H26N6O2S. The number of rotatable bonds is 5. The summed E-state index contributed by atoms with van der Waals surface area (Å²) in [6.07, 6.45) is 0. The summed E-state index contributed by atoms with van der Waals surface area (Å²) in [5, 5.41) is 14.6. The molecule has 1 N–H and O–H groups in total. The van der Waals surface area contributed by atoms with Gasteiger partial charge in [-0.25, -0.2) is 5.01 Å². The third-order valence-electron chi connectivity index (χ3n) is 6.52. The van der Waals surface area contributed by atoms with Crippen molar-refractivity contribution in [1.82, 2.24) is 5.01 Å². The van der Waals surface area contributed by atoms with Crippen molar-refractivity contribution in [3.63, 3.8) is 0 Å². The quantitative estimate of drug-likeness (QED) is 0.340. The van der Waals surface area contributed by atoms with Crippen molar-refractivity contribution < 1.29 is 9.59 Å². The number of anilines is 3. The van der Waals surface area contributed by atoms with Crippen LogP contribution >= 0.6 is 11.8 Å². The number of thioether (sulfide) groups is 1. The maximum atomic E-state index is 13.6. The summed E-state index contributed by atoms with van der Waals surface area (Å²) < 4.78 is 0. The van der Waals surface area contributed by atoms with Crippen molar-refractivity contribution in [3.05, 3.63) is 126 Å². The lowest BCUT2D eigenvalue weighted by molar-refractivity contribution is -0.131. The van der Waals surface area contributed by atoms with Crippen LogP contribution in [0.4, 0.5) is 17.1 Å². The first-order valence-corrected chi connectivity index (χ1v) is 13.6. The molecule has 2 aliphatic heterocycles. The standard InChI is InChI=1S/C31H26N6O2S/c1-22-18-20-24(21-19-22)28-33-36(23(2)38)31(35(28)26-14-8-4-9-15-26)37(27-16-10-5-11-17-27)34-30(40-31)29(39)32-25-12-6-3-7-13-25/h3-21H,1-2H3,(H,32,39). The molecular weight excluding hydrogens is 520 g/mol. The maximum absolute atomic E-state index is 13.6. The van der Waals surface area contributed by atoms with Crippen LogP contribution in [0.1, 0.15) is 18.1 Å². The minimum Gasteiger partial charge on any atom is -0.320 e. The minimum atomic E-state index is -1.36. The van der Waals surface area contributed by atoms with Gasteiger partial charge in [0.05, 0.1) is 5.69 Å². The second-order valence-electron chi connectivity index (χ2n) is 9.34. The number of hydrogen-bond acceptors (Lipinski definition) is 7. The zero-order chi connectivity index (χ0) is 27.7. The van der Waals surface area contributed by atoms with Crippen molar-refractivity contribution in [1.29, 1.82) is 0 Å². The van der Waals surface area contributed by atoms with Gasteiger partial charge in [-0.3, -0.25) is 14.5 Å². The van der Waals surface area contributed by atoms with Crippen LogP contribution in [-0.4, -0.2) is 32.8 Å². The largest absolute Gasteiger partial charge is 0.320 e. The number of carbonyl (C=O) groups is 2. The molecule has 198 valence electrons. The second-order valence-corrected chi connectivity index (χ2v) is 10.5. The molecule has 0 fully saturated rings. The van der Waals surface area contributed by atoms with Gasteiger partial charge in [0.15, 0.2) is 10.9 Å². The van der Waals surface area contributed by atoms with Gasteiger partial charge in [0, 0.05) is 23.9 Å². The predicted octanol–water partition coefficient (Wildman–Crippen LogP) is 5.84. The average Bonchev–Trinajstić information content (AvgIpc) is 3.54. The maximum Gasteiger partial charge on any atom is 0.296 e. The number of nitrogens with zero attached hydrogens (tertiary/aromatic N) is 5. The van der Waals surface area contributed by atoms with Crippen molar-refractivity contribution in [2.24, 2.45) is 10.2 Å². The molecule has 0 saturated heterocycles. The minimum absolute atomic E-state index is 0.195. The molecule has 2 aliphatic rings. The highest BCUT2D eigenvalue weighted by atomic mass is 32.2. The normalized spacial score (nSPS) is 18.1. The van der Waals surface area contributed by atoms with Gasteiger partial charge in [0.1, 0.15) is 0 Å². The van der Waals surface area contributed by atoms with E-state index in [-0.39, 0.29) is 16.9 Å². The molecule has 6 rings (SSSR count). The van der Waals surface area contributed by atoms with E-state index in [1.165, 1.54) is 23.7 Å². The van der Waals surface area contributed by atoms with Crippen LogP contribution in [0.25, 0.3) is 0 Å². The molecule has 0 radical (unpaired) electrons. The summed E-state index contributed by atoms with van der Waals surface area (Å²) in [5.41, 5.74) is 4.07. The number of benzene rings is 4. The number of carbonyl (C=O) groups excluding carboxylic acids is 2. The van der Waals surface area contributed by atoms with Gasteiger partial charge in [0.25, 0.3) is 11.0 Å². The molecule has 0 bridgehead atoms. The van der Waals surface area contributed by atoms with E-state index in [0.29, 0.717) is 17.2 Å². The number of amidine groups is 1. The predicted molar refractivity (Wildman–Crippen MR) is 161 cm³/mol. The van der Waals surface area contributed by atoms with E-state index in [0.717, 1.165) is 16.8 Å². The van der Waals surface area contributed by atoms with Crippen molar-refractivity contribution >= 4 is 51.5 Å². The zero-order valence-electron chi connectivity index (χ0n) is 21.9. The SMILES string of the molecule is CC(=O)N1N=C(c2ccc(C)cc2)N(c2ccccc2)C12SC(C(=O)Nc1ccccc1)=NN2c1ccccc1. The molecule has 0 saturated carbocycles. The summed E-state index contributed by atoms with van der Waals surface area (Å²) >= 11 is 1.17. The Morgan fingerprint density at radius 2 is 1.32 bits per heavy atom. The Balaban J connectivity index is 1.53. The van der Waals surface area contributed by atoms with Gasteiger partial charge in [0.2, 0.25) is 5.91 Å². The number of nitrogens with one attached hydrogen (secondary N) is 1. The fourth-order valence-electron chi connectivity index (χ4n) is 4.69. The molecule has 4 aromatic carbocycles. The Kier molecular flexibility index (Phi) is 6.57. The van der Waals surface area contributed by atoms with Crippen LogP contribution in [-0.2, 0) is 9.59 Å². The summed E-state index contributed by atoms with van der Waals surface area (Å²) in [4.78, 5) is 28.9. The fourth-order valence-corrected chi connectivity index (χ4v) is 5.98. The van der Waals surface area contributed by atoms with E-state index in [1.807, 2.05) is 127 Å². The average molecular weight is 547 g/mol. The van der Waals surface area contributed by atoms with Gasteiger partial charge >= 0.3 is 0 Å². The van der Waals surface area contributed by atoms with Gasteiger partial charge in [-0.2, -0.15) is 10.1 Å². The molecule has 4 aromatic rings. The molecule has 0 aromatic heterocycles. The van der Waals surface area contributed by atoms with Gasteiger partial charge in [-0.1, -0.05) is 84.4 Å². The van der Waals surface area contributed by atoms with Crippen LogP contribution in [0.3, 0.4) is 0 Å². The van der Waals surface area contributed by atoms with Crippen molar-refractivity contribution in [3.8, 4) is 0 Å². The third kappa shape index (κ3) is 4.40. The molecule has 8 nitrogen and oxygen atoms in total. The Morgan fingerprint density at radius 3 is 1.93 bits per heavy atom. The number of para-hydroxylation sites is 3. The van der Waals surface area contributed by atoms with Crippen LogP contribution in [0, 0.1) is 6.92 Å². The highest BCUT2D eigenvalue weighted by molar-refractivity contribution is 8.17. The Bertz CT molecular complexity index is 1610.